The summed E-state index contributed by atoms with van der Waals surface area (Å²) in [6, 6.07) is -0.962. The highest BCUT2D eigenvalue weighted by Crippen LogP contribution is 2.23. The van der Waals surface area contributed by atoms with Gasteiger partial charge in [0, 0.05) is 24.8 Å². The van der Waals surface area contributed by atoms with Crippen molar-refractivity contribution in [2.24, 2.45) is 11.8 Å². The number of carbonyl (C=O) groups excluding carboxylic acids is 4. The summed E-state index contributed by atoms with van der Waals surface area (Å²) in [5.41, 5.74) is 0. The average molecular weight is 419 g/mol. The molecule has 0 aromatic rings. The minimum Gasteiger partial charge on any atom is -0.338 e. The van der Waals surface area contributed by atoms with Crippen LogP contribution >= 0.6 is 21.6 Å². The number of amides is 6. The Kier molecular flexibility index (Phi) is 12.0. The molecule has 0 atom stereocenters. The van der Waals surface area contributed by atoms with E-state index in [9.17, 15) is 19.2 Å². The lowest BCUT2D eigenvalue weighted by atomic mass is 9.89. The molecule has 0 heterocycles. The van der Waals surface area contributed by atoms with Crippen LogP contribution in [0.3, 0.4) is 0 Å². The molecule has 4 N–H and O–H groups in total. The molecule has 0 saturated heterocycles. The molecule has 154 valence electrons. The number of urea groups is 2. The number of rotatable bonds is 9. The van der Waals surface area contributed by atoms with Gasteiger partial charge < -0.3 is 10.6 Å². The van der Waals surface area contributed by atoms with Crippen molar-refractivity contribution in [3.05, 3.63) is 0 Å². The second-order valence-electron chi connectivity index (χ2n) is 6.82. The van der Waals surface area contributed by atoms with Crippen molar-refractivity contribution in [1.82, 2.24) is 21.3 Å². The lowest BCUT2D eigenvalue weighted by Gasteiger charge is -2.20. The summed E-state index contributed by atoms with van der Waals surface area (Å²) in [5.74, 6) is 0.442. The zero-order chi connectivity index (χ0) is 20.1. The number of imide groups is 2. The predicted molar refractivity (Wildman–Crippen MR) is 109 cm³/mol. The third-order valence-electron chi connectivity index (χ3n) is 3.88. The van der Waals surface area contributed by atoms with Crippen molar-refractivity contribution in [2.75, 3.05) is 24.6 Å². The van der Waals surface area contributed by atoms with Crippen LogP contribution in [0.4, 0.5) is 9.59 Å². The first-order valence-corrected chi connectivity index (χ1v) is 11.8. The molecule has 0 unspecified atom stereocenters. The maximum atomic E-state index is 11.9. The van der Waals surface area contributed by atoms with E-state index < -0.39 is 12.1 Å². The summed E-state index contributed by atoms with van der Waals surface area (Å²) < 4.78 is 0. The van der Waals surface area contributed by atoms with Gasteiger partial charge in [-0.05, 0) is 18.8 Å². The molecular formula is C17H30N4O4S2. The van der Waals surface area contributed by atoms with Crippen molar-refractivity contribution in [3.8, 4) is 0 Å². The van der Waals surface area contributed by atoms with E-state index in [0.29, 0.717) is 24.8 Å². The topological polar surface area (TPSA) is 116 Å². The molecule has 0 aliphatic heterocycles. The van der Waals surface area contributed by atoms with Gasteiger partial charge in [0.25, 0.3) is 0 Å². The molecule has 0 radical (unpaired) electrons. The first-order chi connectivity index (χ1) is 12.9. The minimum absolute atomic E-state index is 0.0503. The van der Waals surface area contributed by atoms with Gasteiger partial charge in [-0.2, -0.15) is 0 Å². The Balaban J connectivity index is 2.01. The van der Waals surface area contributed by atoms with Crippen molar-refractivity contribution in [2.45, 2.75) is 46.0 Å². The molecule has 1 fully saturated rings. The van der Waals surface area contributed by atoms with Gasteiger partial charge in [0.15, 0.2) is 0 Å². The van der Waals surface area contributed by atoms with Gasteiger partial charge in [-0.3, -0.25) is 20.2 Å². The maximum Gasteiger partial charge on any atom is 0.321 e. The Labute approximate surface area is 168 Å². The molecule has 6 amide bonds. The molecule has 1 aliphatic carbocycles. The van der Waals surface area contributed by atoms with Crippen LogP contribution in [-0.2, 0) is 9.59 Å². The summed E-state index contributed by atoms with van der Waals surface area (Å²) in [5, 5.41) is 9.88. The Morgan fingerprint density at radius 2 is 1.59 bits per heavy atom. The Hall–Kier alpha value is -1.42. The predicted octanol–water partition coefficient (Wildman–Crippen LogP) is 2.26. The Bertz CT molecular complexity index is 511. The van der Waals surface area contributed by atoms with E-state index in [1.165, 1.54) is 21.6 Å². The van der Waals surface area contributed by atoms with Gasteiger partial charge in [-0.15, -0.1) is 0 Å². The van der Waals surface area contributed by atoms with Crippen LogP contribution in [0.1, 0.15) is 46.0 Å². The van der Waals surface area contributed by atoms with E-state index in [4.69, 9.17) is 0 Å². The van der Waals surface area contributed by atoms with Crippen LogP contribution in [0.15, 0.2) is 0 Å². The first kappa shape index (κ1) is 23.6. The molecule has 1 aliphatic rings. The third kappa shape index (κ3) is 11.8. The summed E-state index contributed by atoms with van der Waals surface area (Å²) in [6.07, 6.45) is 4.94. The maximum absolute atomic E-state index is 11.9. The van der Waals surface area contributed by atoms with Gasteiger partial charge in [0.05, 0.1) is 5.75 Å². The molecule has 10 heteroatoms. The zero-order valence-electron chi connectivity index (χ0n) is 16.0. The summed E-state index contributed by atoms with van der Waals surface area (Å²) >= 11 is 0. The second kappa shape index (κ2) is 13.7. The van der Waals surface area contributed by atoms with Crippen molar-refractivity contribution in [3.63, 3.8) is 0 Å². The van der Waals surface area contributed by atoms with Crippen molar-refractivity contribution >= 4 is 45.5 Å². The first-order valence-electron chi connectivity index (χ1n) is 9.29. The molecular weight excluding hydrogens is 388 g/mol. The van der Waals surface area contributed by atoms with E-state index in [2.05, 4.69) is 21.3 Å². The van der Waals surface area contributed by atoms with E-state index >= 15 is 0 Å². The van der Waals surface area contributed by atoms with Gasteiger partial charge in [-0.1, -0.05) is 54.7 Å². The highest BCUT2D eigenvalue weighted by Gasteiger charge is 2.22. The van der Waals surface area contributed by atoms with Gasteiger partial charge in [-0.25, -0.2) is 9.59 Å². The van der Waals surface area contributed by atoms with E-state index in [-0.39, 0.29) is 23.5 Å². The number of hydrogen-bond acceptors (Lipinski definition) is 6. The third-order valence-corrected chi connectivity index (χ3v) is 6.15. The van der Waals surface area contributed by atoms with E-state index in [1.807, 2.05) is 13.8 Å². The molecule has 1 rings (SSSR count). The molecule has 27 heavy (non-hydrogen) atoms. The largest absolute Gasteiger partial charge is 0.338 e. The van der Waals surface area contributed by atoms with Gasteiger partial charge in [0.1, 0.15) is 0 Å². The fourth-order valence-corrected chi connectivity index (χ4v) is 4.23. The van der Waals surface area contributed by atoms with Gasteiger partial charge >= 0.3 is 12.1 Å². The average Bonchev–Trinajstić information content (AvgIpc) is 2.63. The summed E-state index contributed by atoms with van der Waals surface area (Å²) in [7, 11) is 2.71. The van der Waals surface area contributed by atoms with Crippen LogP contribution in [0.2, 0.25) is 0 Å². The monoisotopic (exact) mass is 418 g/mol. The molecule has 8 nitrogen and oxygen atoms in total. The molecule has 0 aromatic heterocycles. The normalized spacial score (nSPS) is 14.5. The number of hydrogen-bond donors (Lipinski definition) is 4. The molecule has 0 aromatic carbocycles. The number of carbonyl (C=O) groups is 4. The second-order valence-corrected chi connectivity index (χ2v) is 9.40. The summed E-state index contributed by atoms with van der Waals surface area (Å²) in [4.78, 5) is 46.6. The zero-order valence-corrected chi connectivity index (χ0v) is 17.6. The molecule has 0 bridgehead atoms. The van der Waals surface area contributed by atoms with Crippen LogP contribution in [0.5, 0.6) is 0 Å². The van der Waals surface area contributed by atoms with Crippen LogP contribution in [-0.4, -0.2) is 48.5 Å². The Morgan fingerprint density at radius 3 is 2.26 bits per heavy atom. The van der Waals surface area contributed by atoms with Crippen molar-refractivity contribution < 1.29 is 19.2 Å². The van der Waals surface area contributed by atoms with Gasteiger partial charge in [0.2, 0.25) is 11.8 Å². The van der Waals surface area contributed by atoms with E-state index in [0.717, 1.165) is 32.1 Å². The SMILES string of the molecule is CC(C)CNC(=O)NC(=O)CSSCCNC(=O)NC(=O)C1CCCCC1. The lowest BCUT2D eigenvalue weighted by Crippen LogP contribution is -2.43. The van der Waals surface area contributed by atoms with Crippen LogP contribution in [0, 0.1) is 11.8 Å². The smallest absolute Gasteiger partial charge is 0.321 e. The lowest BCUT2D eigenvalue weighted by molar-refractivity contribution is -0.124. The highest BCUT2D eigenvalue weighted by molar-refractivity contribution is 8.76. The minimum atomic E-state index is -0.486. The summed E-state index contributed by atoms with van der Waals surface area (Å²) in [6.45, 7) is 4.83. The molecule has 0 spiro atoms. The van der Waals surface area contributed by atoms with Crippen LogP contribution in [0.25, 0.3) is 0 Å². The fraction of sp³-hybridized carbons (Fsp3) is 0.765. The fourth-order valence-electron chi connectivity index (χ4n) is 2.49. The van der Waals surface area contributed by atoms with Crippen molar-refractivity contribution in [1.29, 1.82) is 0 Å². The quantitative estimate of drug-likeness (QED) is 0.337. The van der Waals surface area contributed by atoms with Crippen LogP contribution < -0.4 is 21.3 Å². The Morgan fingerprint density at radius 1 is 0.926 bits per heavy atom. The highest BCUT2D eigenvalue weighted by atomic mass is 33.1. The number of nitrogens with one attached hydrogen (secondary N) is 4. The standard InChI is InChI=1S/C17H30N4O4S2/c1-12(2)10-19-17(25)20-14(22)11-27-26-9-8-18-16(24)21-15(23)13-6-4-3-5-7-13/h12-13H,3-11H2,1-2H3,(H2,18,21,23,24)(H2,19,20,22,25). The van der Waals surface area contributed by atoms with E-state index in [1.54, 1.807) is 0 Å². The molecule has 1 saturated carbocycles.